The monoisotopic (exact) mass is 269 g/mol. The van der Waals surface area contributed by atoms with Gasteiger partial charge in [-0.3, -0.25) is 0 Å². The number of para-hydroxylation sites is 1. The third-order valence-electron chi connectivity index (χ3n) is 2.82. The van der Waals surface area contributed by atoms with Crippen LogP contribution < -0.4 is 10.1 Å². The van der Waals surface area contributed by atoms with Gasteiger partial charge in [0, 0.05) is 11.6 Å². The van der Waals surface area contributed by atoms with E-state index in [9.17, 15) is 8.78 Å². The van der Waals surface area contributed by atoms with Crippen LogP contribution in [0.2, 0.25) is 0 Å². The quantitative estimate of drug-likeness (QED) is 0.711. The first kappa shape index (κ1) is 15.6. The van der Waals surface area contributed by atoms with Crippen molar-refractivity contribution in [3.63, 3.8) is 0 Å². The Kier molecular flexibility index (Phi) is 6.50. The summed E-state index contributed by atoms with van der Waals surface area (Å²) in [6.07, 6.45) is 1.66. The molecule has 1 rings (SSSR count). The summed E-state index contributed by atoms with van der Waals surface area (Å²) in [4.78, 5) is 0. The molecule has 0 aliphatic rings. The van der Waals surface area contributed by atoms with E-state index in [1.165, 1.54) is 0 Å². The molecule has 0 aliphatic carbocycles. The van der Waals surface area contributed by atoms with Gasteiger partial charge in [-0.1, -0.05) is 30.7 Å². The Bertz CT molecular complexity index is 407. The van der Waals surface area contributed by atoms with Gasteiger partial charge >= 0.3 is 6.61 Å². The van der Waals surface area contributed by atoms with Gasteiger partial charge in [0.25, 0.3) is 0 Å². The highest BCUT2D eigenvalue weighted by Crippen LogP contribution is 2.29. The Labute approximate surface area is 113 Å². The summed E-state index contributed by atoms with van der Waals surface area (Å²) in [5, 5.41) is 3.30. The zero-order valence-corrected chi connectivity index (χ0v) is 11.5. The number of allylic oxidation sites excluding steroid dienone is 1. The first-order chi connectivity index (χ1) is 9.04. The molecule has 1 N–H and O–H groups in total. The molecule has 0 heterocycles. The minimum absolute atomic E-state index is 0.00310. The van der Waals surface area contributed by atoms with Crippen LogP contribution in [0.4, 0.5) is 8.78 Å². The lowest BCUT2D eigenvalue weighted by Crippen LogP contribution is -2.22. The summed E-state index contributed by atoms with van der Waals surface area (Å²) in [5.74, 6) is 0.241. The summed E-state index contributed by atoms with van der Waals surface area (Å²) in [6, 6.07) is 6.93. The molecule has 106 valence electrons. The molecule has 1 unspecified atom stereocenters. The largest absolute Gasteiger partial charge is 0.434 e. The van der Waals surface area contributed by atoms with Crippen LogP contribution in [0.3, 0.4) is 0 Å². The van der Waals surface area contributed by atoms with E-state index in [0.29, 0.717) is 0 Å². The minimum Gasteiger partial charge on any atom is -0.434 e. The molecule has 0 aromatic heterocycles. The zero-order chi connectivity index (χ0) is 14.3. The van der Waals surface area contributed by atoms with Gasteiger partial charge in [-0.25, -0.2) is 0 Å². The maximum atomic E-state index is 12.4. The number of nitrogens with one attached hydrogen (secondary N) is 1. The van der Waals surface area contributed by atoms with Gasteiger partial charge in [0.15, 0.2) is 0 Å². The topological polar surface area (TPSA) is 21.3 Å². The van der Waals surface area contributed by atoms with Crippen molar-refractivity contribution in [3.05, 3.63) is 42.0 Å². The van der Waals surface area contributed by atoms with E-state index < -0.39 is 6.61 Å². The first-order valence-corrected chi connectivity index (χ1v) is 6.46. The molecule has 1 atom stereocenters. The minimum atomic E-state index is -2.80. The molecular formula is C15H21F2NO. The van der Waals surface area contributed by atoms with Gasteiger partial charge < -0.3 is 10.1 Å². The lowest BCUT2D eigenvalue weighted by molar-refractivity contribution is -0.0507. The maximum absolute atomic E-state index is 12.4. The van der Waals surface area contributed by atoms with Crippen molar-refractivity contribution in [2.75, 3.05) is 6.54 Å². The molecule has 19 heavy (non-hydrogen) atoms. The van der Waals surface area contributed by atoms with Crippen molar-refractivity contribution in [1.82, 2.24) is 5.32 Å². The Balaban J connectivity index is 2.90. The van der Waals surface area contributed by atoms with Gasteiger partial charge in [0.05, 0.1) is 0 Å². The highest BCUT2D eigenvalue weighted by atomic mass is 19.3. The Hall–Kier alpha value is -1.42. The standard InChI is InChI=1S/C15H21F2NO/c1-4-18-13(10-9-11(2)3)12-7-5-6-8-14(12)19-15(16)17/h5-8,13,15,18H,2,4,9-10H2,1,3H3. The van der Waals surface area contributed by atoms with Crippen molar-refractivity contribution in [2.24, 2.45) is 0 Å². The van der Waals surface area contributed by atoms with E-state index in [1.54, 1.807) is 12.1 Å². The van der Waals surface area contributed by atoms with E-state index in [4.69, 9.17) is 0 Å². The molecule has 1 aromatic rings. The number of hydrogen-bond acceptors (Lipinski definition) is 2. The average Bonchev–Trinajstić information content (AvgIpc) is 2.34. The van der Waals surface area contributed by atoms with Crippen LogP contribution in [-0.4, -0.2) is 13.2 Å². The van der Waals surface area contributed by atoms with Crippen molar-refractivity contribution in [1.29, 1.82) is 0 Å². The third kappa shape index (κ3) is 5.39. The molecule has 1 aromatic carbocycles. The summed E-state index contributed by atoms with van der Waals surface area (Å²) in [7, 11) is 0. The highest BCUT2D eigenvalue weighted by molar-refractivity contribution is 5.36. The van der Waals surface area contributed by atoms with Crippen LogP contribution in [-0.2, 0) is 0 Å². The Morgan fingerprint density at radius 3 is 2.63 bits per heavy atom. The SMILES string of the molecule is C=C(C)CCC(NCC)c1ccccc1OC(F)F. The summed E-state index contributed by atoms with van der Waals surface area (Å²) in [6.45, 7) is 5.79. The smallest absolute Gasteiger partial charge is 0.387 e. The van der Waals surface area contributed by atoms with Crippen molar-refractivity contribution in [3.8, 4) is 5.75 Å². The van der Waals surface area contributed by atoms with Gasteiger partial charge in [-0.2, -0.15) is 8.78 Å². The van der Waals surface area contributed by atoms with E-state index in [0.717, 1.165) is 30.5 Å². The average molecular weight is 269 g/mol. The molecule has 4 heteroatoms. The van der Waals surface area contributed by atoms with Crippen LogP contribution in [0.5, 0.6) is 5.75 Å². The van der Waals surface area contributed by atoms with Crippen molar-refractivity contribution >= 4 is 0 Å². The van der Waals surface area contributed by atoms with Crippen molar-refractivity contribution in [2.45, 2.75) is 39.3 Å². The normalized spacial score (nSPS) is 12.5. The Morgan fingerprint density at radius 1 is 1.37 bits per heavy atom. The van der Waals surface area contributed by atoms with Crippen molar-refractivity contribution < 1.29 is 13.5 Å². The molecule has 0 saturated heterocycles. The zero-order valence-electron chi connectivity index (χ0n) is 11.5. The van der Waals surface area contributed by atoms with E-state index in [-0.39, 0.29) is 11.8 Å². The molecule has 0 aliphatic heterocycles. The van der Waals surface area contributed by atoms with Crippen LogP contribution in [0, 0.1) is 0 Å². The van der Waals surface area contributed by atoms with E-state index in [2.05, 4.69) is 16.6 Å². The highest BCUT2D eigenvalue weighted by Gasteiger charge is 2.17. The number of alkyl halides is 2. The van der Waals surface area contributed by atoms with Crippen LogP contribution in [0.15, 0.2) is 36.4 Å². The molecule has 0 spiro atoms. The second-order valence-corrected chi connectivity index (χ2v) is 4.52. The molecule has 0 bridgehead atoms. The lowest BCUT2D eigenvalue weighted by atomic mass is 9.99. The van der Waals surface area contributed by atoms with Gasteiger partial charge in [-0.15, -0.1) is 6.58 Å². The molecular weight excluding hydrogens is 248 g/mol. The molecule has 0 radical (unpaired) electrons. The maximum Gasteiger partial charge on any atom is 0.387 e. The van der Waals surface area contributed by atoms with Gasteiger partial charge in [0.2, 0.25) is 0 Å². The van der Waals surface area contributed by atoms with Gasteiger partial charge in [0.1, 0.15) is 5.75 Å². The summed E-state index contributed by atoms with van der Waals surface area (Å²) >= 11 is 0. The van der Waals surface area contributed by atoms with Gasteiger partial charge in [-0.05, 0) is 32.4 Å². The number of ether oxygens (including phenoxy) is 1. The fraction of sp³-hybridized carbons (Fsp3) is 0.467. The Morgan fingerprint density at radius 2 is 2.05 bits per heavy atom. The number of halogens is 2. The molecule has 2 nitrogen and oxygen atoms in total. The second kappa shape index (κ2) is 7.89. The third-order valence-corrected chi connectivity index (χ3v) is 2.82. The fourth-order valence-corrected chi connectivity index (χ4v) is 1.98. The van der Waals surface area contributed by atoms with E-state index in [1.807, 2.05) is 26.0 Å². The first-order valence-electron chi connectivity index (χ1n) is 6.46. The molecule has 0 fully saturated rings. The lowest BCUT2D eigenvalue weighted by Gasteiger charge is -2.21. The van der Waals surface area contributed by atoms with Crippen LogP contribution in [0.25, 0.3) is 0 Å². The van der Waals surface area contributed by atoms with Crippen LogP contribution in [0.1, 0.15) is 38.3 Å². The van der Waals surface area contributed by atoms with Crippen LogP contribution >= 0.6 is 0 Å². The number of benzene rings is 1. The fourth-order valence-electron chi connectivity index (χ4n) is 1.98. The number of hydrogen-bond donors (Lipinski definition) is 1. The predicted molar refractivity (Wildman–Crippen MR) is 73.5 cm³/mol. The van der Waals surface area contributed by atoms with E-state index >= 15 is 0 Å². The number of rotatable bonds is 8. The molecule has 0 amide bonds. The predicted octanol–water partition coefficient (Wildman–Crippen LogP) is 4.29. The second-order valence-electron chi connectivity index (χ2n) is 4.52. The summed E-state index contributed by atoms with van der Waals surface area (Å²) in [5.41, 5.74) is 1.85. The summed E-state index contributed by atoms with van der Waals surface area (Å²) < 4.78 is 29.4. The molecule has 0 saturated carbocycles.